The van der Waals surface area contributed by atoms with Gasteiger partial charge in [0.25, 0.3) is 0 Å². The van der Waals surface area contributed by atoms with Crippen LogP contribution in [0, 0.1) is 0 Å². The molecule has 0 spiro atoms. The zero-order chi connectivity index (χ0) is 27.5. The molecular weight excluding hydrogens is 460 g/mol. The van der Waals surface area contributed by atoms with Gasteiger partial charge in [0.15, 0.2) is 0 Å². The van der Waals surface area contributed by atoms with Crippen LogP contribution in [-0.2, 0) is 0 Å². The fourth-order valence-corrected chi connectivity index (χ4v) is 5.10. The number of hydrazine groups is 1. The third kappa shape index (κ3) is 35.4. The number of hydrogen-bond donors (Lipinski definition) is 2. The number of hydrogen-bond acceptors (Lipinski definition) is 2. The minimum atomic E-state index is 1.12. The molecule has 0 aromatic heterocycles. The molecule has 0 aliphatic carbocycles. The molecule has 0 bridgehead atoms. The van der Waals surface area contributed by atoms with E-state index in [1.54, 1.807) is 0 Å². The molecule has 2 N–H and O–H groups in total. The van der Waals surface area contributed by atoms with Gasteiger partial charge in [-0.25, -0.2) is 0 Å². The molecule has 0 aliphatic heterocycles. The summed E-state index contributed by atoms with van der Waals surface area (Å²) in [4.78, 5) is 0. The molecule has 0 unspecified atom stereocenters. The van der Waals surface area contributed by atoms with Crippen LogP contribution in [0.4, 0.5) is 0 Å². The maximum absolute atomic E-state index is 3.42. The van der Waals surface area contributed by atoms with Gasteiger partial charge in [-0.2, -0.15) is 0 Å². The summed E-state index contributed by atoms with van der Waals surface area (Å²) in [5.41, 5.74) is 6.84. The largest absolute Gasteiger partial charge is 0.258 e. The molecule has 226 valence electrons. The SMILES string of the molecule is CCCCCCCCC=CCCCCCCCCNNCCCCCCCC/C=C\CCCCCCCC. The summed E-state index contributed by atoms with van der Waals surface area (Å²) in [7, 11) is 0. The van der Waals surface area contributed by atoms with Crippen LogP contribution in [-0.4, -0.2) is 13.1 Å². The summed E-state index contributed by atoms with van der Waals surface area (Å²) in [6.45, 7) is 6.82. The second kappa shape index (κ2) is 36.4. The van der Waals surface area contributed by atoms with E-state index in [1.807, 2.05) is 0 Å². The lowest BCUT2D eigenvalue weighted by Crippen LogP contribution is -2.33. The van der Waals surface area contributed by atoms with Crippen molar-refractivity contribution >= 4 is 0 Å². The Morgan fingerprint density at radius 3 is 0.816 bits per heavy atom. The number of rotatable bonds is 33. The molecule has 0 aromatic rings. The van der Waals surface area contributed by atoms with Gasteiger partial charge in [-0.05, 0) is 64.2 Å². The highest BCUT2D eigenvalue weighted by Gasteiger charge is 1.94. The summed E-state index contributed by atoms with van der Waals surface area (Å²) in [6.07, 6.45) is 48.3. The molecule has 0 atom stereocenters. The highest BCUT2D eigenvalue weighted by atomic mass is 15.3. The van der Waals surface area contributed by atoms with E-state index in [2.05, 4.69) is 49.0 Å². The molecule has 0 aliphatic rings. The second-order valence-corrected chi connectivity index (χ2v) is 11.7. The number of nitrogens with one attached hydrogen (secondary N) is 2. The minimum absolute atomic E-state index is 1.12. The Bertz CT molecular complexity index is 414. The van der Waals surface area contributed by atoms with Gasteiger partial charge in [0.1, 0.15) is 0 Å². The first-order valence-electron chi connectivity index (χ1n) is 17.7. The van der Waals surface area contributed by atoms with Crippen LogP contribution in [0.5, 0.6) is 0 Å². The molecule has 2 nitrogen and oxygen atoms in total. The molecule has 0 radical (unpaired) electrons. The molecule has 0 rings (SSSR count). The van der Waals surface area contributed by atoms with Crippen LogP contribution in [0.15, 0.2) is 24.3 Å². The van der Waals surface area contributed by atoms with Crippen LogP contribution < -0.4 is 10.9 Å². The molecule has 0 aromatic carbocycles. The third-order valence-electron chi connectivity index (χ3n) is 7.75. The third-order valence-corrected chi connectivity index (χ3v) is 7.75. The maximum atomic E-state index is 3.42. The summed E-state index contributed by atoms with van der Waals surface area (Å²) < 4.78 is 0. The van der Waals surface area contributed by atoms with Crippen molar-refractivity contribution in [2.75, 3.05) is 13.1 Å². The van der Waals surface area contributed by atoms with Gasteiger partial charge in [0.05, 0.1) is 0 Å². The average Bonchev–Trinajstić information content (AvgIpc) is 2.93. The first kappa shape index (κ1) is 37.4. The predicted molar refractivity (Wildman–Crippen MR) is 175 cm³/mol. The van der Waals surface area contributed by atoms with Crippen molar-refractivity contribution in [3.8, 4) is 0 Å². The van der Waals surface area contributed by atoms with Crippen LogP contribution in [0.25, 0.3) is 0 Å². The molecule has 0 saturated carbocycles. The lowest BCUT2D eigenvalue weighted by molar-refractivity contribution is 0.480. The average molecular weight is 533 g/mol. The standard InChI is InChI=1S/C36H72N2/c1-3-5-7-9-11-13-15-17-19-21-23-25-27-29-31-33-35-37-38-36-34-32-30-28-26-24-22-20-18-16-14-12-10-8-6-4-2/h17-20,37-38H,3-16,21-36H2,1-2H3/b19-17-,20-18?. The first-order chi connectivity index (χ1) is 18.9. The molecule has 0 amide bonds. The van der Waals surface area contributed by atoms with Crippen LogP contribution in [0.3, 0.4) is 0 Å². The molecular formula is C36H72N2. The van der Waals surface area contributed by atoms with E-state index in [9.17, 15) is 0 Å². The van der Waals surface area contributed by atoms with E-state index in [0.29, 0.717) is 0 Å². The fourth-order valence-electron chi connectivity index (χ4n) is 5.10. The van der Waals surface area contributed by atoms with Crippen LogP contribution in [0.1, 0.15) is 194 Å². The van der Waals surface area contributed by atoms with Crippen LogP contribution in [0.2, 0.25) is 0 Å². The summed E-state index contributed by atoms with van der Waals surface area (Å²) >= 11 is 0. The van der Waals surface area contributed by atoms with Crippen molar-refractivity contribution in [1.29, 1.82) is 0 Å². The summed E-state index contributed by atoms with van der Waals surface area (Å²) in [6, 6.07) is 0. The molecule has 2 heteroatoms. The fraction of sp³-hybridized carbons (Fsp3) is 0.889. The Morgan fingerprint density at radius 1 is 0.289 bits per heavy atom. The monoisotopic (exact) mass is 533 g/mol. The van der Waals surface area contributed by atoms with Gasteiger partial charge < -0.3 is 0 Å². The van der Waals surface area contributed by atoms with Gasteiger partial charge in [-0.3, -0.25) is 10.9 Å². The topological polar surface area (TPSA) is 24.1 Å². The summed E-state index contributed by atoms with van der Waals surface area (Å²) in [5, 5.41) is 0. The first-order valence-corrected chi connectivity index (χ1v) is 17.7. The number of unbranched alkanes of at least 4 members (excludes halogenated alkanes) is 24. The van der Waals surface area contributed by atoms with E-state index in [-0.39, 0.29) is 0 Å². The quantitative estimate of drug-likeness (QED) is 0.0499. The zero-order valence-corrected chi connectivity index (χ0v) is 26.5. The van der Waals surface area contributed by atoms with E-state index < -0.39 is 0 Å². The van der Waals surface area contributed by atoms with E-state index in [4.69, 9.17) is 0 Å². The van der Waals surface area contributed by atoms with Crippen molar-refractivity contribution in [1.82, 2.24) is 10.9 Å². The second-order valence-electron chi connectivity index (χ2n) is 11.7. The van der Waals surface area contributed by atoms with E-state index in [0.717, 1.165) is 13.1 Å². The highest BCUT2D eigenvalue weighted by Crippen LogP contribution is 2.11. The normalized spacial score (nSPS) is 11.9. The van der Waals surface area contributed by atoms with Crippen molar-refractivity contribution in [2.45, 2.75) is 194 Å². The van der Waals surface area contributed by atoms with Crippen molar-refractivity contribution in [3.05, 3.63) is 24.3 Å². The Hall–Kier alpha value is -0.600. The maximum Gasteiger partial charge on any atom is 0.00997 e. The van der Waals surface area contributed by atoms with Crippen LogP contribution >= 0.6 is 0 Å². The summed E-state index contributed by atoms with van der Waals surface area (Å²) in [5.74, 6) is 0. The number of allylic oxidation sites excluding steroid dienone is 4. The lowest BCUT2D eigenvalue weighted by atomic mass is 10.1. The Morgan fingerprint density at radius 2 is 0.526 bits per heavy atom. The Kier molecular flexibility index (Phi) is 35.8. The Labute approximate surface area is 241 Å². The smallest absolute Gasteiger partial charge is 0.00997 e. The van der Waals surface area contributed by atoms with E-state index >= 15 is 0 Å². The van der Waals surface area contributed by atoms with Gasteiger partial charge in [0.2, 0.25) is 0 Å². The Balaban J connectivity index is 3.09. The molecule has 0 saturated heterocycles. The highest BCUT2D eigenvalue weighted by molar-refractivity contribution is 4.82. The van der Waals surface area contributed by atoms with Gasteiger partial charge in [-0.1, -0.05) is 154 Å². The minimum Gasteiger partial charge on any atom is -0.258 e. The van der Waals surface area contributed by atoms with Gasteiger partial charge in [-0.15, -0.1) is 0 Å². The van der Waals surface area contributed by atoms with Crippen molar-refractivity contribution in [2.24, 2.45) is 0 Å². The van der Waals surface area contributed by atoms with Crippen molar-refractivity contribution in [3.63, 3.8) is 0 Å². The van der Waals surface area contributed by atoms with E-state index in [1.165, 1.54) is 180 Å². The van der Waals surface area contributed by atoms with Gasteiger partial charge >= 0.3 is 0 Å². The van der Waals surface area contributed by atoms with Crippen molar-refractivity contribution < 1.29 is 0 Å². The molecule has 38 heavy (non-hydrogen) atoms. The lowest BCUT2D eigenvalue weighted by Gasteiger charge is -2.07. The molecule has 0 heterocycles. The zero-order valence-electron chi connectivity index (χ0n) is 26.5. The van der Waals surface area contributed by atoms with Gasteiger partial charge in [0, 0.05) is 13.1 Å². The molecule has 0 fully saturated rings. The predicted octanol–water partition coefficient (Wildman–Crippen LogP) is 12.2.